The van der Waals surface area contributed by atoms with Crippen LogP contribution < -0.4 is 17.5 Å². The number of thiophene rings is 1. The van der Waals surface area contributed by atoms with Gasteiger partial charge in [0.1, 0.15) is 28.1 Å². The first kappa shape index (κ1) is 19.1. The van der Waals surface area contributed by atoms with Gasteiger partial charge in [-0.1, -0.05) is 0 Å². The molecule has 1 spiro atoms. The molecule has 4 rings (SSSR count). The first-order chi connectivity index (χ1) is 11.2. The minimum Gasteiger partial charge on any atom is -1.00 e. The van der Waals surface area contributed by atoms with Crippen molar-refractivity contribution in [3.05, 3.63) is 17.3 Å². The number of ether oxygens (including phenoxy) is 1. The van der Waals surface area contributed by atoms with Gasteiger partial charge in [-0.15, -0.1) is 11.3 Å². The molecule has 12 heteroatoms. The number of morpholine rings is 1. The standard InChI is InChI=1S/C13H18N3O5S3.ClH/c14-23(17,18)12-8-10-7-11-9-16(3-5-21-6-4-16)2-1-15(11)24(19,20)13(10)22-12;/h7-8H,1-6,9H2,(H2,14,17,18);1H/q+1;/p-1. The van der Waals surface area contributed by atoms with E-state index in [4.69, 9.17) is 9.88 Å². The highest BCUT2D eigenvalue weighted by Crippen LogP contribution is 2.40. The van der Waals surface area contributed by atoms with Crippen molar-refractivity contribution in [2.75, 3.05) is 45.9 Å². The number of sulfonamides is 2. The predicted octanol–water partition coefficient (Wildman–Crippen LogP) is -3.39. The number of hydrogen-bond acceptors (Lipinski definition) is 6. The van der Waals surface area contributed by atoms with Crippen LogP contribution in [0, 0.1) is 0 Å². The van der Waals surface area contributed by atoms with Gasteiger partial charge in [-0.05, 0) is 12.1 Å². The Morgan fingerprint density at radius 3 is 2.56 bits per heavy atom. The van der Waals surface area contributed by atoms with Crippen molar-refractivity contribution < 1.29 is 38.5 Å². The third kappa shape index (κ3) is 3.11. The number of nitrogens with two attached hydrogens (primary N) is 1. The van der Waals surface area contributed by atoms with Gasteiger partial charge >= 0.3 is 0 Å². The van der Waals surface area contributed by atoms with Crippen molar-refractivity contribution in [1.82, 2.24) is 4.31 Å². The van der Waals surface area contributed by atoms with Crippen LogP contribution in [0.2, 0.25) is 0 Å². The quantitative estimate of drug-likeness (QED) is 0.470. The summed E-state index contributed by atoms with van der Waals surface area (Å²) in [5, 5.41) is 5.15. The van der Waals surface area contributed by atoms with E-state index in [0.717, 1.165) is 41.2 Å². The van der Waals surface area contributed by atoms with E-state index in [1.807, 2.05) is 0 Å². The summed E-state index contributed by atoms with van der Waals surface area (Å²) in [6, 6.07) is 1.36. The Balaban J connectivity index is 0.00000182. The Morgan fingerprint density at radius 2 is 1.92 bits per heavy atom. The van der Waals surface area contributed by atoms with Crippen LogP contribution >= 0.6 is 11.3 Å². The number of piperazine rings is 1. The van der Waals surface area contributed by atoms with E-state index in [1.165, 1.54) is 10.4 Å². The molecule has 140 valence electrons. The molecule has 25 heavy (non-hydrogen) atoms. The molecular weight excluding hydrogens is 410 g/mol. The summed E-state index contributed by atoms with van der Waals surface area (Å²) in [5.74, 6) is 0. The zero-order valence-corrected chi connectivity index (χ0v) is 16.4. The van der Waals surface area contributed by atoms with Gasteiger partial charge in [0.05, 0.1) is 32.0 Å². The lowest BCUT2D eigenvalue weighted by molar-refractivity contribution is -0.934. The van der Waals surface area contributed by atoms with Crippen molar-refractivity contribution in [3.63, 3.8) is 0 Å². The molecule has 2 N–H and O–H groups in total. The second-order valence-electron chi connectivity index (χ2n) is 6.35. The molecule has 8 nitrogen and oxygen atoms in total. The Bertz CT molecular complexity index is 932. The Hall–Kier alpha value is -0.690. The summed E-state index contributed by atoms with van der Waals surface area (Å²) in [6.07, 6.45) is 1.79. The molecule has 2 fully saturated rings. The average Bonchev–Trinajstić information content (AvgIpc) is 2.93. The molecule has 0 aromatic carbocycles. The number of rotatable bonds is 1. The van der Waals surface area contributed by atoms with Crippen LogP contribution in [0.25, 0.3) is 6.08 Å². The maximum Gasteiger partial charge on any atom is 0.274 e. The van der Waals surface area contributed by atoms with Gasteiger partial charge in [-0.3, -0.25) is 4.31 Å². The normalized spacial score (nSPS) is 24.0. The summed E-state index contributed by atoms with van der Waals surface area (Å²) in [4.78, 5) is 0. The average molecular weight is 428 g/mol. The van der Waals surface area contributed by atoms with E-state index in [-0.39, 0.29) is 20.8 Å². The minimum absolute atomic E-state index is 0. The molecule has 3 aliphatic heterocycles. The minimum atomic E-state index is -3.92. The first-order valence-corrected chi connectivity index (χ1v) is 11.3. The van der Waals surface area contributed by atoms with Crippen LogP contribution in [0.15, 0.2) is 20.2 Å². The highest BCUT2D eigenvalue weighted by atomic mass is 35.5. The van der Waals surface area contributed by atoms with E-state index in [9.17, 15) is 16.8 Å². The molecule has 1 aromatic rings. The zero-order valence-electron chi connectivity index (χ0n) is 13.2. The van der Waals surface area contributed by atoms with Crippen LogP contribution in [-0.4, -0.2) is 71.6 Å². The molecule has 2 saturated heterocycles. The van der Waals surface area contributed by atoms with Gasteiger partial charge in [0.2, 0.25) is 10.0 Å². The molecular formula is C13H18ClN3O5S3. The molecule has 1 aromatic heterocycles. The first-order valence-electron chi connectivity index (χ1n) is 7.54. The second-order valence-corrected chi connectivity index (χ2v) is 11.2. The highest BCUT2D eigenvalue weighted by molar-refractivity contribution is 7.94. The molecule has 3 aliphatic rings. The topological polar surface area (TPSA) is 107 Å². The van der Waals surface area contributed by atoms with Crippen LogP contribution in [0.5, 0.6) is 0 Å². The van der Waals surface area contributed by atoms with Crippen LogP contribution in [0.4, 0.5) is 0 Å². The molecule has 4 heterocycles. The Kier molecular flexibility index (Phi) is 4.72. The fourth-order valence-corrected chi connectivity index (χ4v) is 7.63. The summed E-state index contributed by atoms with van der Waals surface area (Å²) < 4.78 is 56.5. The maximum atomic E-state index is 12.9. The van der Waals surface area contributed by atoms with Gasteiger partial charge in [0, 0.05) is 5.56 Å². The van der Waals surface area contributed by atoms with E-state index >= 15 is 0 Å². The maximum absolute atomic E-state index is 12.9. The van der Waals surface area contributed by atoms with Crippen LogP contribution in [0.1, 0.15) is 5.56 Å². The number of primary sulfonamides is 1. The van der Waals surface area contributed by atoms with Gasteiger partial charge in [0.15, 0.2) is 0 Å². The van der Waals surface area contributed by atoms with Crippen molar-refractivity contribution in [2.45, 2.75) is 8.42 Å². The summed E-state index contributed by atoms with van der Waals surface area (Å²) in [6.45, 7) is 4.84. The third-order valence-corrected chi connectivity index (χ3v) is 9.79. The van der Waals surface area contributed by atoms with Crippen LogP contribution in [-0.2, 0) is 24.8 Å². The molecule has 0 aliphatic carbocycles. The lowest BCUT2D eigenvalue weighted by Crippen LogP contribution is -3.00. The van der Waals surface area contributed by atoms with E-state index < -0.39 is 20.0 Å². The third-order valence-electron chi connectivity index (χ3n) is 4.84. The molecule has 0 unspecified atom stereocenters. The van der Waals surface area contributed by atoms with Crippen molar-refractivity contribution in [3.8, 4) is 0 Å². The predicted molar refractivity (Wildman–Crippen MR) is 88.1 cm³/mol. The van der Waals surface area contributed by atoms with Gasteiger partial charge in [-0.25, -0.2) is 22.0 Å². The number of halogens is 1. The summed E-state index contributed by atoms with van der Waals surface area (Å²) >= 11 is 0.720. The fourth-order valence-electron chi connectivity index (χ4n) is 3.54. The zero-order chi connectivity index (χ0) is 17.2. The highest BCUT2D eigenvalue weighted by Gasteiger charge is 2.44. The Labute approximate surface area is 157 Å². The lowest BCUT2D eigenvalue weighted by atomic mass is 10.1. The summed E-state index contributed by atoms with van der Waals surface area (Å²) in [7, 11) is -7.64. The van der Waals surface area contributed by atoms with Gasteiger partial charge in [-0.2, -0.15) is 0 Å². The van der Waals surface area contributed by atoms with E-state index in [2.05, 4.69) is 0 Å². The van der Waals surface area contributed by atoms with Gasteiger partial charge in [0.25, 0.3) is 10.0 Å². The van der Waals surface area contributed by atoms with Gasteiger partial charge < -0.3 is 21.6 Å². The number of quaternary nitrogens is 1. The second kappa shape index (κ2) is 6.19. The van der Waals surface area contributed by atoms with E-state index in [1.54, 1.807) is 6.08 Å². The summed E-state index contributed by atoms with van der Waals surface area (Å²) in [5.41, 5.74) is 1.14. The van der Waals surface area contributed by atoms with Crippen molar-refractivity contribution in [1.29, 1.82) is 0 Å². The SMILES string of the molecule is NS(=O)(=O)c1cc2c(s1)S(=O)(=O)N1CC[N+]3(CCOCC3)CC1=C2.[Cl-]. The van der Waals surface area contributed by atoms with Crippen molar-refractivity contribution in [2.24, 2.45) is 5.14 Å². The number of fused-ring (bicyclic) bond motifs is 2. The van der Waals surface area contributed by atoms with Crippen molar-refractivity contribution >= 4 is 37.5 Å². The lowest BCUT2D eigenvalue weighted by Gasteiger charge is -2.48. The number of hydrogen-bond donors (Lipinski definition) is 1. The van der Waals surface area contributed by atoms with Crippen LogP contribution in [0.3, 0.4) is 0 Å². The largest absolute Gasteiger partial charge is 1.00 e. The van der Waals surface area contributed by atoms with E-state index in [0.29, 0.717) is 31.9 Å². The molecule has 0 bridgehead atoms. The number of nitrogens with zero attached hydrogens (tertiary/aromatic N) is 2. The molecule has 0 atom stereocenters. The fraction of sp³-hybridized carbons (Fsp3) is 0.538. The molecule has 0 saturated carbocycles. The monoisotopic (exact) mass is 427 g/mol. The smallest absolute Gasteiger partial charge is 0.274 e. The molecule has 0 radical (unpaired) electrons. The Morgan fingerprint density at radius 1 is 1.24 bits per heavy atom. The molecule has 0 amide bonds.